The van der Waals surface area contributed by atoms with Gasteiger partial charge in [0.1, 0.15) is 5.78 Å². The number of benzene rings is 1. The second-order valence-corrected chi connectivity index (χ2v) is 11.5. The van der Waals surface area contributed by atoms with E-state index in [-0.39, 0.29) is 12.0 Å². The molecule has 4 heteroatoms. The van der Waals surface area contributed by atoms with Gasteiger partial charge in [0.15, 0.2) is 8.32 Å². The molecule has 0 amide bonds. The first-order chi connectivity index (χ1) is 9.03. The van der Waals surface area contributed by atoms with Crippen molar-refractivity contribution in [1.29, 1.82) is 0 Å². The molecule has 1 aliphatic carbocycles. The number of carbonyl (C=O) groups excluding carboxylic acids is 1. The van der Waals surface area contributed by atoms with Crippen LogP contribution >= 0.6 is 15.9 Å². The molecule has 0 bridgehead atoms. The van der Waals surface area contributed by atoms with Crippen molar-refractivity contribution >= 4 is 30.0 Å². The van der Waals surface area contributed by atoms with Crippen LogP contribution in [0.5, 0.6) is 0 Å². The van der Waals surface area contributed by atoms with Crippen molar-refractivity contribution in [1.82, 2.24) is 0 Å². The lowest BCUT2D eigenvalue weighted by Crippen LogP contribution is -2.37. The summed E-state index contributed by atoms with van der Waals surface area (Å²) < 4.78 is 6.40. The highest BCUT2D eigenvalue weighted by Gasteiger charge is 2.37. The van der Waals surface area contributed by atoms with Crippen molar-refractivity contribution in [2.24, 2.45) is 5.92 Å². The number of rotatable bonds is 5. The lowest BCUT2D eigenvalue weighted by molar-refractivity contribution is -0.123. The largest absolute Gasteiger partial charge is 0.409 e. The van der Waals surface area contributed by atoms with Crippen LogP contribution in [0.4, 0.5) is 0 Å². The van der Waals surface area contributed by atoms with E-state index < -0.39 is 8.32 Å². The van der Waals surface area contributed by atoms with E-state index in [0.29, 0.717) is 12.2 Å². The maximum absolute atomic E-state index is 12.1. The molecule has 1 aromatic rings. The smallest absolute Gasteiger partial charge is 0.197 e. The van der Waals surface area contributed by atoms with Crippen molar-refractivity contribution in [3.63, 3.8) is 0 Å². The number of ketones is 1. The minimum absolute atomic E-state index is 0.0493. The Bertz CT molecular complexity index is 433. The van der Waals surface area contributed by atoms with Crippen LogP contribution in [0, 0.1) is 5.92 Å². The zero-order chi connectivity index (χ0) is 13.9. The first-order valence-corrected chi connectivity index (χ1v) is 11.1. The Labute approximate surface area is 124 Å². The highest BCUT2D eigenvalue weighted by molar-refractivity contribution is 9.09. The van der Waals surface area contributed by atoms with Gasteiger partial charge in [0.25, 0.3) is 0 Å². The molecular weight excluding hydrogens is 320 g/mol. The zero-order valence-electron chi connectivity index (χ0n) is 11.6. The first kappa shape index (κ1) is 14.9. The predicted octanol–water partition coefficient (Wildman–Crippen LogP) is 4.25. The van der Waals surface area contributed by atoms with Crippen LogP contribution in [-0.4, -0.2) is 19.1 Å². The third-order valence-electron chi connectivity index (χ3n) is 3.61. The summed E-state index contributed by atoms with van der Waals surface area (Å²) in [7, 11) is -1.76. The molecule has 2 atom stereocenters. The van der Waals surface area contributed by atoms with E-state index in [4.69, 9.17) is 4.43 Å². The molecule has 0 aliphatic heterocycles. The van der Waals surface area contributed by atoms with E-state index in [1.165, 1.54) is 0 Å². The van der Waals surface area contributed by atoms with Crippen molar-refractivity contribution in [3.05, 3.63) is 35.9 Å². The molecule has 0 saturated heterocycles. The average molecular weight is 341 g/mol. The van der Waals surface area contributed by atoms with Gasteiger partial charge >= 0.3 is 0 Å². The number of halogens is 1. The first-order valence-electron chi connectivity index (χ1n) is 6.85. The molecule has 2 rings (SSSR count). The molecule has 19 heavy (non-hydrogen) atoms. The van der Waals surface area contributed by atoms with E-state index >= 15 is 0 Å². The van der Waals surface area contributed by atoms with E-state index in [9.17, 15) is 4.79 Å². The van der Waals surface area contributed by atoms with Crippen LogP contribution in [0.1, 0.15) is 30.9 Å². The second-order valence-electron chi connectivity index (χ2n) is 5.81. The van der Waals surface area contributed by atoms with Crippen molar-refractivity contribution in [2.75, 3.05) is 4.95 Å². The number of Topliss-reactive ketones (excluding diaryl/α,β-unsaturated/α-hetero) is 1. The van der Waals surface area contributed by atoms with Gasteiger partial charge in [-0.25, -0.2) is 0 Å². The van der Waals surface area contributed by atoms with Gasteiger partial charge in [-0.05, 0) is 31.5 Å². The lowest BCUT2D eigenvalue weighted by Gasteiger charge is -2.31. The number of hydrogen-bond acceptors (Lipinski definition) is 2. The maximum atomic E-state index is 12.1. The molecule has 2 nitrogen and oxygen atoms in total. The Morgan fingerprint density at radius 2 is 2.05 bits per heavy atom. The summed E-state index contributed by atoms with van der Waals surface area (Å²) in [6, 6.07) is 10.2. The predicted molar refractivity (Wildman–Crippen MR) is 83.9 cm³/mol. The minimum atomic E-state index is -1.76. The second kappa shape index (κ2) is 6.33. The van der Waals surface area contributed by atoms with Crippen LogP contribution in [0.25, 0.3) is 0 Å². The topological polar surface area (TPSA) is 26.3 Å². The monoisotopic (exact) mass is 340 g/mol. The van der Waals surface area contributed by atoms with Gasteiger partial charge in [-0.2, -0.15) is 0 Å². The van der Waals surface area contributed by atoms with Crippen LogP contribution in [0.15, 0.2) is 30.3 Å². The fraction of sp³-hybridized carbons (Fsp3) is 0.533. The standard InChI is InChI=1S/C15H21BrO2Si/c1-19(2,11-16)18-15(12-7-4-3-5-8-12)13-9-6-10-14(13)17/h3-5,7-8,13,15H,6,9-11H2,1-2H3/t13-,15-/m0/s1. The highest BCUT2D eigenvalue weighted by Crippen LogP contribution is 2.37. The molecule has 1 aliphatic rings. The Morgan fingerprint density at radius 1 is 1.37 bits per heavy atom. The average Bonchev–Trinajstić information content (AvgIpc) is 2.83. The van der Waals surface area contributed by atoms with Crippen molar-refractivity contribution in [3.8, 4) is 0 Å². The molecule has 104 valence electrons. The maximum Gasteiger partial charge on any atom is 0.197 e. The summed E-state index contributed by atoms with van der Waals surface area (Å²) in [6.45, 7) is 4.38. The number of alkyl halides is 1. The molecule has 1 aromatic carbocycles. The van der Waals surface area contributed by atoms with E-state index in [1.54, 1.807) is 0 Å². The highest BCUT2D eigenvalue weighted by atomic mass is 79.9. The van der Waals surface area contributed by atoms with Gasteiger partial charge in [0, 0.05) is 17.3 Å². The Kier molecular flexibility index (Phi) is 4.98. The van der Waals surface area contributed by atoms with Gasteiger partial charge in [-0.1, -0.05) is 46.3 Å². The third kappa shape index (κ3) is 3.77. The van der Waals surface area contributed by atoms with Crippen molar-refractivity contribution in [2.45, 2.75) is 38.5 Å². The van der Waals surface area contributed by atoms with Crippen LogP contribution in [0.3, 0.4) is 0 Å². The van der Waals surface area contributed by atoms with Crippen LogP contribution in [-0.2, 0) is 9.22 Å². The Hall–Kier alpha value is -0.453. The van der Waals surface area contributed by atoms with E-state index in [2.05, 4.69) is 41.2 Å². The Morgan fingerprint density at radius 3 is 2.58 bits per heavy atom. The summed E-state index contributed by atoms with van der Waals surface area (Å²) >= 11 is 3.55. The summed E-state index contributed by atoms with van der Waals surface area (Å²) in [5.74, 6) is 0.418. The molecule has 0 N–H and O–H groups in total. The molecule has 0 aromatic heterocycles. The van der Waals surface area contributed by atoms with Gasteiger partial charge in [0.2, 0.25) is 0 Å². The molecule has 0 heterocycles. The summed E-state index contributed by atoms with van der Waals surface area (Å²) in [5.41, 5.74) is 1.14. The number of hydrogen-bond donors (Lipinski definition) is 0. The summed E-state index contributed by atoms with van der Waals surface area (Å²) in [6.07, 6.45) is 2.63. The molecule has 0 radical (unpaired) electrons. The van der Waals surface area contributed by atoms with E-state index in [0.717, 1.165) is 23.4 Å². The fourth-order valence-electron chi connectivity index (χ4n) is 2.56. The quantitative estimate of drug-likeness (QED) is 0.591. The van der Waals surface area contributed by atoms with Gasteiger partial charge in [0.05, 0.1) is 6.10 Å². The summed E-state index contributed by atoms with van der Waals surface area (Å²) in [4.78, 5) is 13.0. The molecular formula is C15H21BrO2Si. The summed E-state index contributed by atoms with van der Waals surface area (Å²) in [5, 5.41) is 0. The molecule has 0 unspecified atom stereocenters. The molecule has 0 spiro atoms. The lowest BCUT2D eigenvalue weighted by atomic mass is 9.94. The zero-order valence-corrected chi connectivity index (χ0v) is 14.2. The number of carbonyl (C=O) groups is 1. The fourth-order valence-corrected chi connectivity index (χ4v) is 4.01. The SMILES string of the molecule is C[Si](C)(CBr)O[C@@H](c1ccccc1)[C@H]1CCCC1=O. The van der Waals surface area contributed by atoms with Gasteiger partial charge in [-0.15, -0.1) is 0 Å². The normalized spacial score (nSPS) is 21.6. The molecule has 1 fully saturated rings. The minimum Gasteiger partial charge on any atom is -0.409 e. The van der Waals surface area contributed by atoms with Gasteiger partial charge in [-0.3, -0.25) is 4.79 Å². The molecule has 1 saturated carbocycles. The third-order valence-corrected chi connectivity index (χ3v) is 9.20. The van der Waals surface area contributed by atoms with Crippen LogP contribution in [0.2, 0.25) is 13.1 Å². The van der Waals surface area contributed by atoms with Crippen LogP contribution < -0.4 is 0 Å². The van der Waals surface area contributed by atoms with Crippen molar-refractivity contribution < 1.29 is 9.22 Å². The van der Waals surface area contributed by atoms with E-state index in [1.807, 2.05) is 18.2 Å². The Balaban J connectivity index is 2.26. The van der Waals surface area contributed by atoms with Gasteiger partial charge < -0.3 is 4.43 Å².